The van der Waals surface area contributed by atoms with E-state index in [1.54, 1.807) is 6.07 Å². The lowest BCUT2D eigenvalue weighted by Crippen LogP contribution is -2.44. The SMILES string of the molecule is O=C(O)c1cc2cc(N3CCC4(CC(OCc5c(-c6c(Cl)cccc6Cl)noc5C5CC5)C4)C3)ccc2o1. The third-order valence-corrected chi connectivity index (χ3v) is 8.90. The van der Waals surface area contributed by atoms with Gasteiger partial charge in [0.15, 0.2) is 0 Å². The van der Waals surface area contributed by atoms with E-state index in [0.29, 0.717) is 39.4 Å². The van der Waals surface area contributed by atoms with Gasteiger partial charge in [0.25, 0.3) is 0 Å². The van der Waals surface area contributed by atoms with Crippen LogP contribution in [0.2, 0.25) is 10.0 Å². The molecule has 1 saturated heterocycles. The standard InChI is InChI=1S/C29H26Cl2N2O5/c30-21-2-1-3-22(31)25(21)26-20(27(38-32-26)16-4-5-16)14-36-19-12-29(13-19)8-9-33(15-29)18-6-7-23-17(10-18)11-24(37-23)28(34)35/h1-3,6-7,10-11,16,19H,4-5,8-9,12-15H2,(H,34,35). The van der Waals surface area contributed by atoms with Gasteiger partial charge in [-0.25, -0.2) is 4.79 Å². The van der Waals surface area contributed by atoms with Crippen LogP contribution in [0.1, 0.15) is 59.9 Å². The van der Waals surface area contributed by atoms with E-state index in [0.717, 1.165) is 67.6 Å². The second-order valence-electron chi connectivity index (χ2n) is 10.9. The smallest absolute Gasteiger partial charge is 0.371 e. The summed E-state index contributed by atoms with van der Waals surface area (Å²) in [5, 5.41) is 15.5. The van der Waals surface area contributed by atoms with Gasteiger partial charge in [0.1, 0.15) is 17.0 Å². The third kappa shape index (κ3) is 4.17. The number of furan rings is 1. The molecule has 2 aromatic carbocycles. The number of hydrogen-bond donors (Lipinski definition) is 1. The molecule has 1 aliphatic heterocycles. The molecule has 1 N–H and O–H groups in total. The molecule has 2 aliphatic carbocycles. The minimum atomic E-state index is -1.05. The van der Waals surface area contributed by atoms with Crippen LogP contribution in [0.4, 0.5) is 5.69 Å². The Morgan fingerprint density at radius 2 is 1.95 bits per heavy atom. The molecule has 0 atom stereocenters. The lowest BCUT2D eigenvalue weighted by atomic mass is 9.66. The van der Waals surface area contributed by atoms with Gasteiger partial charge >= 0.3 is 5.97 Å². The highest BCUT2D eigenvalue weighted by Crippen LogP contribution is 2.51. The minimum Gasteiger partial charge on any atom is -0.475 e. The first-order valence-electron chi connectivity index (χ1n) is 13.0. The van der Waals surface area contributed by atoms with Crippen LogP contribution in [-0.4, -0.2) is 35.4 Å². The van der Waals surface area contributed by atoms with Gasteiger partial charge in [-0.15, -0.1) is 0 Å². The van der Waals surface area contributed by atoms with Crippen LogP contribution in [-0.2, 0) is 11.3 Å². The van der Waals surface area contributed by atoms with Crippen molar-refractivity contribution in [1.29, 1.82) is 0 Å². The first-order chi connectivity index (χ1) is 18.4. The van der Waals surface area contributed by atoms with E-state index in [2.05, 4.69) is 10.1 Å². The van der Waals surface area contributed by atoms with Crippen molar-refractivity contribution in [1.82, 2.24) is 5.16 Å². The van der Waals surface area contributed by atoms with Gasteiger partial charge in [0, 0.05) is 41.2 Å². The summed E-state index contributed by atoms with van der Waals surface area (Å²) in [6.45, 7) is 2.36. The van der Waals surface area contributed by atoms with Gasteiger partial charge < -0.3 is 23.7 Å². The average molecular weight is 553 g/mol. The van der Waals surface area contributed by atoms with E-state index in [4.69, 9.17) is 36.9 Å². The zero-order chi connectivity index (χ0) is 26.0. The maximum Gasteiger partial charge on any atom is 0.371 e. The second-order valence-corrected chi connectivity index (χ2v) is 11.7. The van der Waals surface area contributed by atoms with Crippen LogP contribution < -0.4 is 4.90 Å². The Hall–Kier alpha value is -3.00. The molecule has 0 bridgehead atoms. The van der Waals surface area contributed by atoms with Crippen LogP contribution in [0.25, 0.3) is 22.2 Å². The second kappa shape index (κ2) is 9.04. The van der Waals surface area contributed by atoms with Crippen LogP contribution in [0.3, 0.4) is 0 Å². The molecule has 3 heterocycles. The Kier molecular flexibility index (Phi) is 5.73. The highest BCUT2D eigenvalue weighted by Gasteiger charge is 2.49. The van der Waals surface area contributed by atoms with E-state index in [1.807, 2.05) is 36.4 Å². The zero-order valence-corrected chi connectivity index (χ0v) is 22.1. The molecule has 7 rings (SSSR count). The van der Waals surface area contributed by atoms with Crippen molar-refractivity contribution in [3.63, 3.8) is 0 Å². The minimum absolute atomic E-state index is 0.0355. The number of nitrogens with zero attached hydrogens (tertiary/aromatic N) is 2. The van der Waals surface area contributed by atoms with E-state index in [-0.39, 0.29) is 17.3 Å². The summed E-state index contributed by atoms with van der Waals surface area (Å²) >= 11 is 13.0. The molecule has 0 radical (unpaired) electrons. The molecule has 2 saturated carbocycles. The number of carboxylic acids is 1. The monoisotopic (exact) mass is 552 g/mol. The van der Waals surface area contributed by atoms with Crippen LogP contribution in [0, 0.1) is 5.41 Å². The summed E-state index contributed by atoms with van der Waals surface area (Å²) in [7, 11) is 0. The van der Waals surface area contributed by atoms with Crippen LogP contribution in [0.15, 0.2) is 51.4 Å². The van der Waals surface area contributed by atoms with Gasteiger partial charge in [-0.05, 0) is 73.9 Å². The number of anilines is 1. The Balaban J connectivity index is 1.02. The molecule has 7 nitrogen and oxygen atoms in total. The average Bonchev–Trinajstić information content (AvgIpc) is 3.28. The third-order valence-electron chi connectivity index (χ3n) is 8.27. The number of carboxylic acid groups (broad SMARTS) is 1. The summed E-state index contributed by atoms with van der Waals surface area (Å²) in [5.74, 6) is 0.205. The molecule has 2 aromatic heterocycles. The fourth-order valence-corrected chi connectivity index (χ4v) is 6.67. The van der Waals surface area contributed by atoms with Gasteiger partial charge in [-0.3, -0.25) is 0 Å². The fourth-order valence-electron chi connectivity index (χ4n) is 6.09. The molecular weight excluding hydrogens is 527 g/mol. The number of carbonyl (C=O) groups is 1. The highest BCUT2D eigenvalue weighted by molar-refractivity contribution is 6.39. The predicted molar refractivity (Wildman–Crippen MR) is 144 cm³/mol. The van der Waals surface area contributed by atoms with Gasteiger partial charge in [0.2, 0.25) is 5.76 Å². The molecule has 196 valence electrons. The van der Waals surface area contributed by atoms with Crippen molar-refractivity contribution >= 4 is 45.8 Å². The molecule has 3 fully saturated rings. The van der Waals surface area contributed by atoms with Gasteiger partial charge in [-0.1, -0.05) is 34.4 Å². The van der Waals surface area contributed by atoms with Crippen molar-refractivity contribution in [2.45, 2.75) is 50.7 Å². The molecule has 3 aliphatic rings. The summed E-state index contributed by atoms with van der Waals surface area (Å²) in [4.78, 5) is 13.6. The van der Waals surface area contributed by atoms with Gasteiger partial charge in [0.05, 0.1) is 22.8 Å². The Morgan fingerprint density at radius 1 is 1.16 bits per heavy atom. The van der Waals surface area contributed by atoms with Crippen molar-refractivity contribution in [3.8, 4) is 11.3 Å². The summed E-state index contributed by atoms with van der Waals surface area (Å²) in [6.07, 6.45) is 5.50. The number of aromatic carboxylic acids is 1. The van der Waals surface area contributed by atoms with Gasteiger partial charge in [-0.2, -0.15) is 0 Å². The summed E-state index contributed by atoms with van der Waals surface area (Å²) < 4.78 is 17.6. The zero-order valence-electron chi connectivity index (χ0n) is 20.6. The normalized spacial score (nSPS) is 22.9. The number of aromatic nitrogens is 1. The Labute approximate surface area is 229 Å². The first kappa shape index (κ1) is 24.1. The molecule has 9 heteroatoms. The highest BCUT2D eigenvalue weighted by atomic mass is 35.5. The fraction of sp³-hybridized carbons (Fsp3) is 0.379. The Bertz CT molecular complexity index is 1530. The molecule has 1 spiro atoms. The molecule has 0 unspecified atom stereocenters. The van der Waals surface area contributed by atoms with Crippen LogP contribution in [0.5, 0.6) is 0 Å². The van der Waals surface area contributed by atoms with E-state index >= 15 is 0 Å². The number of halogens is 2. The quantitative estimate of drug-likeness (QED) is 0.253. The number of hydrogen-bond acceptors (Lipinski definition) is 6. The van der Waals surface area contributed by atoms with E-state index in [9.17, 15) is 9.90 Å². The van der Waals surface area contributed by atoms with E-state index < -0.39 is 5.97 Å². The molecule has 38 heavy (non-hydrogen) atoms. The summed E-state index contributed by atoms with van der Waals surface area (Å²) in [5.41, 5.74) is 4.28. The Morgan fingerprint density at radius 3 is 2.68 bits per heavy atom. The molecular formula is C29H26Cl2N2O5. The van der Waals surface area contributed by atoms with E-state index in [1.165, 1.54) is 0 Å². The lowest BCUT2D eigenvalue weighted by molar-refractivity contribution is -0.0796. The number of fused-ring (bicyclic) bond motifs is 1. The lowest BCUT2D eigenvalue weighted by Gasteiger charge is -2.45. The largest absolute Gasteiger partial charge is 0.475 e. The van der Waals surface area contributed by atoms with Crippen LogP contribution >= 0.6 is 23.2 Å². The molecule has 0 amide bonds. The maximum absolute atomic E-state index is 11.2. The van der Waals surface area contributed by atoms with Crippen molar-refractivity contribution in [2.24, 2.45) is 5.41 Å². The van der Waals surface area contributed by atoms with Crippen molar-refractivity contribution < 1.29 is 23.6 Å². The molecule has 4 aromatic rings. The number of ether oxygens (including phenoxy) is 1. The number of rotatable bonds is 7. The van der Waals surface area contributed by atoms with Crippen molar-refractivity contribution in [2.75, 3.05) is 18.0 Å². The first-order valence-corrected chi connectivity index (χ1v) is 13.7. The summed E-state index contributed by atoms with van der Waals surface area (Å²) in [6, 6.07) is 12.9. The topological polar surface area (TPSA) is 88.9 Å². The predicted octanol–water partition coefficient (Wildman–Crippen LogP) is 7.55. The van der Waals surface area contributed by atoms with Crippen molar-refractivity contribution in [3.05, 3.63) is 69.6 Å². The number of benzene rings is 2. The maximum atomic E-state index is 11.2.